The number of imidazole rings is 1. The molecule has 4 heterocycles. The van der Waals surface area contributed by atoms with Crippen molar-refractivity contribution in [3.63, 3.8) is 0 Å². The molecule has 0 aliphatic carbocycles. The minimum atomic E-state index is -0.400. The van der Waals surface area contributed by atoms with E-state index in [1.807, 2.05) is 24.3 Å². The van der Waals surface area contributed by atoms with Gasteiger partial charge in [-0.1, -0.05) is 29.8 Å². The van der Waals surface area contributed by atoms with Crippen molar-refractivity contribution in [2.45, 2.75) is 19.1 Å². The summed E-state index contributed by atoms with van der Waals surface area (Å²) in [7, 11) is 0. The number of hydrogen-bond donors (Lipinski definition) is 3. The quantitative estimate of drug-likeness (QED) is 0.351. The number of aromatic nitrogens is 3. The zero-order valence-electron chi connectivity index (χ0n) is 19.2. The third-order valence-electron chi connectivity index (χ3n) is 5.63. The Balaban J connectivity index is 0.000000301. The maximum Gasteiger partial charge on any atom is 0.287 e. The smallest absolute Gasteiger partial charge is 0.287 e. The first-order valence-corrected chi connectivity index (χ1v) is 13.5. The lowest BCUT2D eigenvalue weighted by molar-refractivity contribution is -0.122. The summed E-state index contributed by atoms with van der Waals surface area (Å²) in [5.74, 6) is 0.917. The summed E-state index contributed by atoms with van der Waals surface area (Å²) >= 11 is 8.45. The molecular weight excluding hydrogens is 539 g/mol. The first-order valence-electron chi connectivity index (χ1n) is 11.2. The largest absolute Gasteiger partial charge is 0.349 e. The molecule has 1 fully saturated rings. The number of halogens is 2. The highest BCUT2D eigenvalue weighted by molar-refractivity contribution is 8.00. The second kappa shape index (κ2) is 10.9. The Morgan fingerprint density at radius 1 is 1.11 bits per heavy atom. The minimum Gasteiger partial charge on any atom is -0.349 e. The summed E-state index contributed by atoms with van der Waals surface area (Å²) < 4.78 is 18.8. The van der Waals surface area contributed by atoms with E-state index in [9.17, 15) is 18.8 Å². The number of thioether (sulfide) groups is 1. The Bertz CT molecular complexity index is 1460. The van der Waals surface area contributed by atoms with Gasteiger partial charge < -0.3 is 20.5 Å². The van der Waals surface area contributed by atoms with Crippen LogP contribution < -0.4 is 16.0 Å². The van der Waals surface area contributed by atoms with E-state index in [0.29, 0.717) is 16.4 Å². The molecule has 0 unspecified atom stereocenters. The van der Waals surface area contributed by atoms with E-state index in [-0.39, 0.29) is 48.4 Å². The third-order valence-corrected chi connectivity index (χ3v) is 7.99. The highest BCUT2D eigenvalue weighted by Gasteiger charge is 2.30. The molecule has 0 bridgehead atoms. The van der Waals surface area contributed by atoms with Gasteiger partial charge in [-0.05, 0) is 41.9 Å². The summed E-state index contributed by atoms with van der Waals surface area (Å²) in [5, 5.41) is 9.75. The predicted octanol–water partition coefficient (Wildman–Crippen LogP) is 3.70. The second-order valence-electron chi connectivity index (χ2n) is 8.22. The summed E-state index contributed by atoms with van der Waals surface area (Å²) in [5.41, 5.74) is 0.898. The van der Waals surface area contributed by atoms with E-state index in [1.54, 1.807) is 16.3 Å². The number of carbonyl (C=O) groups excluding carboxylic acids is 3. The van der Waals surface area contributed by atoms with E-state index in [2.05, 4.69) is 25.3 Å². The lowest BCUT2D eigenvalue weighted by Gasteiger charge is -2.26. The minimum absolute atomic E-state index is 0.0139. The summed E-state index contributed by atoms with van der Waals surface area (Å²) in [6, 6.07) is 13.3. The van der Waals surface area contributed by atoms with E-state index in [1.165, 1.54) is 35.8 Å². The molecule has 2 aromatic carbocycles. The van der Waals surface area contributed by atoms with Gasteiger partial charge in [-0.25, -0.2) is 9.37 Å². The summed E-state index contributed by atoms with van der Waals surface area (Å²) in [4.78, 5) is 41.7. The van der Waals surface area contributed by atoms with Gasteiger partial charge in [0.2, 0.25) is 11.7 Å². The van der Waals surface area contributed by atoms with Crippen LogP contribution >= 0.6 is 34.9 Å². The van der Waals surface area contributed by atoms with Gasteiger partial charge in [0.25, 0.3) is 11.8 Å². The van der Waals surface area contributed by atoms with E-state index in [0.717, 1.165) is 21.6 Å². The first-order chi connectivity index (χ1) is 17.9. The van der Waals surface area contributed by atoms with Gasteiger partial charge in [0.05, 0.1) is 16.9 Å². The molecule has 2 aromatic heterocycles. The molecule has 4 aromatic rings. The summed E-state index contributed by atoms with van der Waals surface area (Å²) in [6.45, 7) is 0.172. The Morgan fingerprint density at radius 3 is 2.57 bits per heavy atom. The van der Waals surface area contributed by atoms with Gasteiger partial charge in [0.15, 0.2) is 5.82 Å². The molecule has 9 nitrogen and oxygen atoms in total. The van der Waals surface area contributed by atoms with Crippen molar-refractivity contribution < 1.29 is 18.8 Å². The molecule has 37 heavy (non-hydrogen) atoms. The molecule has 3 amide bonds. The van der Waals surface area contributed by atoms with Crippen molar-refractivity contribution in [2.24, 2.45) is 0 Å². The van der Waals surface area contributed by atoms with Crippen LogP contribution in [0.5, 0.6) is 0 Å². The van der Waals surface area contributed by atoms with Crippen LogP contribution in [0.4, 0.5) is 10.2 Å². The maximum absolute atomic E-state index is 12.8. The van der Waals surface area contributed by atoms with Gasteiger partial charge in [0, 0.05) is 28.0 Å². The standard InChI is InChI=1S/C18H16N6O3S2.C6H4ClF/c25-13-6-24-11(5-19-13)15(21-16(24)18(27)20-9-7-28-8-9)22-17(26)14-10-3-1-2-4-12(10)29-23-14;7-5-1-3-6(8)4-2-5/h1-4,9H,5-8H2,(H,19,25)(H,20,27)(H,22,26);1-4H. The van der Waals surface area contributed by atoms with Crippen LogP contribution in [0, 0.1) is 5.82 Å². The Labute approximate surface area is 224 Å². The molecule has 0 spiro atoms. The molecule has 13 heteroatoms. The fourth-order valence-corrected chi connectivity index (χ4v) is 5.24. The lowest BCUT2D eigenvalue weighted by Crippen LogP contribution is -2.45. The topological polar surface area (TPSA) is 118 Å². The Hall–Kier alpha value is -3.48. The van der Waals surface area contributed by atoms with Gasteiger partial charge in [-0.2, -0.15) is 16.1 Å². The number of anilines is 1. The van der Waals surface area contributed by atoms with Crippen molar-refractivity contribution in [1.82, 2.24) is 24.6 Å². The van der Waals surface area contributed by atoms with E-state index in [4.69, 9.17) is 11.6 Å². The van der Waals surface area contributed by atoms with E-state index >= 15 is 0 Å². The molecule has 6 rings (SSSR count). The van der Waals surface area contributed by atoms with Gasteiger partial charge in [0.1, 0.15) is 18.1 Å². The fourth-order valence-electron chi connectivity index (χ4n) is 3.71. The normalized spacial score (nSPS) is 14.6. The first kappa shape index (κ1) is 25.2. The van der Waals surface area contributed by atoms with Crippen LogP contribution in [0.2, 0.25) is 5.02 Å². The molecule has 2 aliphatic rings. The third kappa shape index (κ3) is 5.60. The summed E-state index contributed by atoms with van der Waals surface area (Å²) in [6.07, 6.45) is 0. The number of hydrogen-bond acceptors (Lipinski definition) is 7. The van der Waals surface area contributed by atoms with Crippen molar-refractivity contribution >= 4 is 68.5 Å². The lowest BCUT2D eigenvalue weighted by atomic mass is 10.2. The van der Waals surface area contributed by atoms with Crippen LogP contribution in [0.3, 0.4) is 0 Å². The number of rotatable bonds is 4. The molecule has 0 atom stereocenters. The van der Waals surface area contributed by atoms with E-state index < -0.39 is 5.91 Å². The van der Waals surface area contributed by atoms with Gasteiger partial charge in [-0.15, -0.1) is 0 Å². The maximum atomic E-state index is 12.8. The molecule has 3 N–H and O–H groups in total. The Morgan fingerprint density at radius 2 is 1.86 bits per heavy atom. The zero-order valence-corrected chi connectivity index (χ0v) is 21.6. The highest BCUT2D eigenvalue weighted by atomic mass is 35.5. The van der Waals surface area contributed by atoms with Gasteiger partial charge in [-0.3, -0.25) is 14.4 Å². The molecule has 0 radical (unpaired) electrons. The van der Waals surface area contributed by atoms with Crippen LogP contribution in [0.15, 0.2) is 48.5 Å². The van der Waals surface area contributed by atoms with Crippen LogP contribution in [0.25, 0.3) is 10.1 Å². The number of benzene rings is 2. The Kier molecular flexibility index (Phi) is 7.40. The molecule has 2 aliphatic heterocycles. The second-order valence-corrected chi connectivity index (χ2v) is 10.5. The van der Waals surface area contributed by atoms with Gasteiger partial charge >= 0.3 is 0 Å². The van der Waals surface area contributed by atoms with Crippen molar-refractivity contribution in [3.8, 4) is 0 Å². The SMILES string of the molecule is Fc1ccc(Cl)cc1.O=C1Cn2c(C(=O)NC3CSC3)nc(NC(=O)c3nsc4ccccc34)c2CN1. The molecule has 1 saturated heterocycles. The van der Waals surface area contributed by atoms with Crippen molar-refractivity contribution in [1.29, 1.82) is 0 Å². The van der Waals surface area contributed by atoms with Crippen LogP contribution in [-0.2, 0) is 17.9 Å². The average Bonchev–Trinajstić information content (AvgIpc) is 3.45. The fraction of sp³-hybridized carbons (Fsp3) is 0.208. The monoisotopic (exact) mass is 558 g/mol. The number of fused-ring (bicyclic) bond motifs is 2. The molecular formula is C24H20ClFN6O3S2. The highest BCUT2D eigenvalue weighted by Crippen LogP contribution is 2.25. The van der Waals surface area contributed by atoms with Crippen molar-refractivity contribution in [2.75, 3.05) is 16.8 Å². The van der Waals surface area contributed by atoms with Crippen LogP contribution in [-0.4, -0.2) is 49.2 Å². The number of nitrogens with zero attached hydrogens (tertiary/aromatic N) is 3. The molecule has 190 valence electrons. The molecule has 0 saturated carbocycles. The predicted molar refractivity (Wildman–Crippen MR) is 142 cm³/mol. The average molecular weight is 559 g/mol. The number of nitrogens with one attached hydrogen (secondary N) is 3. The van der Waals surface area contributed by atoms with Crippen molar-refractivity contribution in [3.05, 3.63) is 76.6 Å². The zero-order chi connectivity index (χ0) is 25.9. The number of amides is 3. The number of carbonyl (C=O) groups is 3. The van der Waals surface area contributed by atoms with Crippen LogP contribution in [0.1, 0.15) is 26.8 Å².